The van der Waals surface area contributed by atoms with Crippen LogP contribution >= 0.6 is 12.4 Å². The normalized spacial score (nSPS) is 25.2. The van der Waals surface area contributed by atoms with Crippen molar-refractivity contribution in [2.75, 3.05) is 13.1 Å². The third-order valence-electron chi connectivity index (χ3n) is 4.36. The highest BCUT2D eigenvalue weighted by molar-refractivity contribution is 5.85. The Morgan fingerprint density at radius 2 is 2.00 bits per heavy atom. The molecule has 1 heterocycles. The van der Waals surface area contributed by atoms with Crippen LogP contribution in [0, 0.1) is 5.92 Å². The summed E-state index contributed by atoms with van der Waals surface area (Å²) in [6.07, 6.45) is 5.29. The molecule has 0 radical (unpaired) electrons. The van der Waals surface area contributed by atoms with Gasteiger partial charge < -0.3 is 10.6 Å². The van der Waals surface area contributed by atoms with Crippen LogP contribution in [-0.2, 0) is 17.6 Å². The van der Waals surface area contributed by atoms with Gasteiger partial charge in [0.15, 0.2) is 0 Å². The minimum atomic E-state index is 0. The maximum Gasteiger partial charge on any atom is 0.224 e. The van der Waals surface area contributed by atoms with Crippen molar-refractivity contribution in [2.45, 2.75) is 38.1 Å². The van der Waals surface area contributed by atoms with E-state index >= 15 is 0 Å². The van der Waals surface area contributed by atoms with Gasteiger partial charge in [-0.25, -0.2) is 0 Å². The van der Waals surface area contributed by atoms with Crippen LogP contribution in [0.5, 0.6) is 0 Å². The maximum absolute atomic E-state index is 12.2. The van der Waals surface area contributed by atoms with Crippen LogP contribution in [0.4, 0.5) is 0 Å². The van der Waals surface area contributed by atoms with Gasteiger partial charge in [0.1, 0.15) is 0 Å². The number of carbonyl (C=O) groups is 1. The highest BCUT2D eigenvalue weighted by atomic mass is 35.5. The SMILES string of the molecule is Cl.O=C(NC1CCc2ccccc2C1)[C@@H]1CCCNC1. The predicted octanol–water partition coefficient (Wildman–Crippen LogP) is 2.08. The maximum atomic E-state index is 12.2. The number of fused-ring (bicyclic) bond motifs is 1. The predicted molar refractivity (Wildman–Crippen MR) is 83.2 cm³/mol. The van der Waals surface area contributed by atoms with Crippen molar-refractivity contribution in [3.63, 3.8) is 0 Å². The topological polar surface area (TPSA) is 41.1 Å². The van der Waals surface area contributed by atoms with Crippen LogP contribution in [0.1, 0.15) is 30.4 Å². The van der Waals surface area contributed by atoms with Crippen molar-refractivity contribution in [1.82, 2.24) is 10.6 Å². The molecule has 1 amide bonds. The molecule has 1 aromatic rings. The lowest BCUT2D eigenvalue weighted by atomic mass is 9.88. The number of piperidine rings is 1. The molecule has 0 spiro atoms. The summed E-state index contributed by atoms with van der Waals surface area (Å²) in [4.78, 5) is 12.2. The van der Waals surface area contributed by atoms with E-state index in [-0.39, 0.29) is 24.2 Å². The number of nitrogens with one attached hydrogen (secondary N) is 2. The van der Waals surface area contributed by atoms with E-state index in [9.17, 15) is 4.79 Å². The van der Waals surface area contributed by atoms with Gasteiger partial charge in [-0.05, 0) is 49.8 Å². The molecule has 1 unspecified atom stereocenters. The van der Waals surface area contributed by atoms with Crippen molar-refractivity contribution in [1.29, 1.82) is 0 Å². The van der Waals surface area contributed by atoms with E-state index in [0.29, 0.717) is 6.04 Å². The standard InChI is InChI=1S/C16H22N2O.ClH/c19-16(14-6-3-9-17-11-14)18-15-8-7-12-4-1-2-5-13(12)10-15;/h1-2,4-5,14-15,17H,3,6-11H2,(H,18,19);1H/t14-,15?;/m1./s1. The minimum Gasteiger partial charge on any atom is -0.353 e. The van der Waals surface area contributed by atoms with E-state index in [4.69, 9.17) is 0 Å². The van der Waals surface area contributed by atoms with Gasteiger partial charge in [-0.15, -0.1) is 12.4 Å². The van der Waals surface area contributed by atoms with Gasteiger partial charge in [-0.1, -0.05) is 24.3 Å². The molecule has 20 heavy (non-hydrogen) atoms. The second-order valence-electron chi connectivity index (χ2n) is 5.76. The minimum absolute atomic E-state index is 0. The first-order chi connectivity index (χ1) is 9.33. The summed E-state index contributed by atoms with van der Waals surface area (Å²) in [5.41, 5.74) is 2.85. The molecule has 110 valence electrons. The van der Waals surface area contributed by atoms with E-state index in [2.05, 4.69) is 34.9 Å². The van der Waals surface area contributed by atoms with E-state index in [1.165, 1.54) is 11.1 Å². The van der Waals surface area contributed by atoms with Gasteiger partial charge in [0, 0.05) is 12.6 Å². The van der Waals surface area contributed by atoms with Crippen LogP contribution in [0.15, 0.2) is 24.3 Å². The number of benzene rings is 1. The van der Waals surface area contributed by atoms with Crippen molar-refractivity contribution in [2.24, 2.45) is 5.92 Å². The summed E-state index contributed by atoms with van der Waals surface area (Å²) in [5, 5.41) is 6.56. The van der Waals surface area contributed by atoms with Gasteiger partial charge in [0.25, 0.3) is 0 Å². The Morgan fingerprint density at radius 3 is 2.75 bits per heavy atom. The highest BCUT2D eigenvalue weighted by Gasteiger charge is 2.25. The van der Waals surface area contributed by atoms with Gasteiger partial charge in [0.05, 0.1) is 5.92 Å². The zero-order chi connectivity index (χ0) is 13.1. The Balaban J connectivity index is 0.00000147. The number of aryl methyl sites for hydroxylation is 1. The third kappa shape index (κ3) is 3.53. The Labute approximate surface area is 126 Å². The second-order valence-corrected chi connectivity index (χ2v) is 5.76. The first-order valence-electron chi connectivity index (χ1n) is 7.41. The molecular weight excluding hydrogens is 272 g/mol. The van der Waals surface area contributed by atoms with E-state index < -0.39 is 0 Å². The number of hydrogen-bond acceptors (Lipinski definition) is 2. The van der Waals surface area contributed by atoms with Crippen LogP contribution in [0.25, 0.3) is 0 Å². The molecule has 1 aliphatic carbocycles. The van der Waals surface area contributed by atoms with Crippen LogP contribution in [0.3, 0.4) is 0 Å². The third-order valence-corrected chi connectivity index (χ3v) is 4.36. The second kappa shape index (κ2) is 7.09. The van der Waals surface area contributed by atoms with Crippen molar-refractivity contribution in [3.8, 4) is 0 Å². The van der Waals surface area contributed by atoms with Crippen molar-refractivity contribution in [3.05, 3.63) is 35.4 Å². The monoisotopic (exact) mass is 294 g/mol. The summed E-state index contributed by atoms with van der Waals surface area (Å²) < 4.78 is 0. The number of hydrogen-bond donors (Lipinski definition) is 2. The molecule has 0 saturated carbocycles. The zero-order valence-electron chi connectivity index (χ0n) is 11.7. The first-order valence-corrected chi connectivity index (χ1v) is 7.41. The van der Waals surface area contributed by atoms with E-state index in [1.807, 2.05) is 0 Å². The molecule has 3 rings (SSSR count). The molecule has 1 saturated heterocycles. The average Bonchev–Trinajstić information content (AvgIpc) is 2.48. The Kier molecular flexibility index (Phi) is 5.44. The highest BCUT2D eigenvalue weighted by Crippen LogP contribution is 2.21. The summed E-state index contributed by atoms with van der Waals surface area (Å²) in [5.74, 6) is 0.419. The molecule has 3 nitrogen and oxygen atoms in total. The largest absolute Gasteiger partial charge is 0.353 e. The quantitative estimate of drug-likeness (QED) is 0.877. The fourth-order valence-electron chi connectivity index (χ4n) is 3.22. The smallest absolute Gasteiger partial charge is 0.224 e. The fourth-order valence-corrected chi connectivity index (χ4v) is 3.22. The lowest BCUT2D eigenvalue weighted by Gasteiger charge is -2.28. The summed E-state index contributed by atoms with van der Waals surface area (Å²) in [6, 6.07) is 8.91. The number of carbonyl (C=O) groups excluding carboxylic acids is 1. The molecule has 2 atom stereocenters. The summed E-state index contributed by atoms with van der Waals surface area (Å²) in [7, 11) is 0. The molecule has 1 aromatic carbocycles. The van der Waals surface area contributed by atoms with E-state index in [1.54, 1.807) is 0 Å². The fraction of sp³-hybridized carbons (Fsp3) is 0.562. The Morgan fingerprint density at radius 1 is 1.20 bits per heavy atom. The van der Waals surface area contributed by atoms with Crippen molar-refractivity contribution >= 4 is 18.3 Å². The van der Waals surface area contributed by atoms with Crippen LogP contribution in [-0.4, -0.2) is 25.0 Å². The lowest BCUT2D eigenvalue weighted by molar-refractivity contribution is -0.126. The molecule has 2 aliphatic rings. The Bertz CT molecular complexity index is 458. The van der Waals surface area contributed by atoms with Crippen LogP contribution < -0.4 is 10.6 Å². The van der Waals surface area contributed by atoms with E-state index in [0.717, 1.165) is 45.2 Å². The number of halogens is 1. The van der Waals surface area contributed by atoms with Gasteiger partial charge in [-0.3, -0.25) is 4.79 Å². The van der Waals surface area contributed by atoms with Gasteiger partial charge in [0.2, 0.25) is 5.91 Å². The average molecular weight is 295 g/mol. The number of rotatable bonds is 2. The number of amides is 1. The van der Waals surface area contributed by atoms with Crippen LogP contribution in [0.2, 0.25) is 0 Å². The molecule has 0 bridgehead atoms. The summed E-state index contributed by atoms with van der Waals surface area (Å²) >= 11 is 0. The molecule has 4 heteroatoms. The Hall–Kier alpha value is -1.06. The molecular formula is C16H23ClN2O. The molecule has 2 N–H and O–H groups in total. The first kappa shape index (κ1) is 15.3. The van der Waals surface area contributed by atoms with Gasteiger partial charge in [-0.2, -0.15) is 0 Å². The molecule has 1 fully saturated rings. The molecule has 1 aliphatic heterocycles. The molecule has 0 aromatic heterocycles. The zero-order valence-corrected chi connectivity index (χ0v) is 12.5. The van der Waals surface area contributed by atoms with Crippen molar-refractivity contribution < 1.29 is 4.79 Å². The van der Waals surface area contributed by atoms with Gasteiger partial charge >= 0.3 is 0 Å². The summed E-state index contributed by atoms with van der Waals surface area (Å²) in [6.45, 7) is 1.90. The lowest BCUT2D eigenvalue weighted by Crippen LogP contribution is -2.46.